The van der Waals surface area contributed by atoms with Crippen molar-refractivity contribution in [3.63, 3.8) is 0 Å². The van der Waals surface area contributed by atoms with Gasteiger partial charge < -0.3 is 10.2 Å². The van der Waals surface area contributed by atoms with Crippen LogP contribution in [0.4, 0.5) is 10.1 Å². The number of hydrogen-bond acceptors (Lipinski definition) is 2. The lowest BCUT2D eigenvalue weighted by Gasteiger charge is -2.35. The van der Waals surface area contributed by atoms with Crippen molar-refractivity contribution in [2.75, 3.05) is 18.0 Å². The second-order valence-corrected chi connectivity index (χ2v) is 7.08. The molecule has 0 bridgehead atoms. The van der Waals surface area contributed by atoms with E-state index in [4.69, 9.17) is 23.2 Å². The highest BCUT2D eigenvalue weighted by molar-refractivity contribution is 6.43. The molecule has 0 radical (unpaired) electrons. The molecular formula is C19H19Cl2FN2O. The predicted octanol–water partition coefficient (Wildman–Crippen LogP) is 4.84. The van der Waals surface area contributed by atoms with Crippen LogP contribution in [0, 0.1) is 12.7 Å². The van der Waals surface area contributed by atoms with Gasteiger partial charge in [-0.1, -0.05) is 29.3 Å². The first-order valence-electron chi connectivity index (χ1n) is 8.21. The van der Waals surface area contributed by atoms with Gasteiger partial charge in [-0.25, -0.2) is 4.39 Å². The van der Waals surface area contributed by atoms with Gasteiger partial charge in [-0.15, -0.1) is 0 Å². The lowest BCUT2D eigenvalue weighted by Crippen LogP contribution is -2.48. The summed E-state index contributed by atoms with van der Waals surface area (Å²) in [6, 6.07) is 9.82. The molecule has 1 unspecified atom stereocenters. The average molecular weight is 381 g/mol. The fourth-order valence-electron chi connectivity index (χ4n) is 3.23. The van der Waals surface area contributed by atoms with Gasteiger partial charge in [0.15, 0.2) is 0 Å². The maximum absolute atomic E-state index is 13.3. The average Bonchev–Trinajstić information content (AvgIpc) is 2.57. The molecule has 1 atom stereocenters. The van der Waals surface area contributed by atoms with Crippen molar-refractivity contribution in [2.24, 2.45) is 0 Å². The Morgan fingerprint density at radius 3 is 2.84 bits per heavy atom. The summed E-state index contributed by atoms with van der Waals surface area (Å²) in [6.07, 6.45) is 1.84. The summed E-state index contributed by atoms with van der Waals surface area (Å²) in [5, 5.41) is 3.67. The van der Waals surface area contributed by atoms with Gasteiger partial charge in [0.25, 0.3) is 5.91 Å². The largest absolute Gasteiger partial charge is 0.369 e. The van der Waals surface area contributed by atoms with Crippen LogP contribution in [0.5, 0.6) is 0 Å². The Balaban J connectivity index is 1.71. The molecule has 1 amide bonds. The Hall–Kier alpha value is -1.78. The predicted molar refractivity (Wildman–Crippen MR) is 100 cm³/mol. The van der Waals surface area contributed by atoms with Gasteiger partial charge in [0.1, 0.15) is 5.82 Å². The number of nitrogens with one attached hydrogen (secondary N) is 1. The van der Waals surface area contributed by atoms with Crippen LogP contribution in [0.1, 0.15) is 28.8 Å². The molecule has 132 valence electrons. The zero-order chi connectivity index (χ0) is 18.0. The van der Waals surface area contributed by atoms with E-state index in [1.807, 2.05) is 6.92 Å². The summed E-state index contributed by atoms with van der Waals surface area (Å²) in [5.41, 5.74) is 2.27. The number of aryl methyl sites for hydroxylation is 1. The molecular weight excluding hydrogens is 362 g/mol. The normalized spacial score (nSPS) is 17.4. The number of piperidine rings is 1. The minimum atomic E-state index is -0.237. The van der Waals surface area contributed by atoms with E-state index in [0.717, 1.165) is 30.6 Å². The number of benzene rings is 2. The summed E-state index contributed by atoms with van der Waals surface area (Å²) in [5.74, 6) is -0.464. The standard InChI is InChI=1S/C19H19Cl2FN2O/c1-12-10-13(22)7-8-17(12)24-9-3-4-14(11-24)23-19(25)15-5-2-6-16(20)18(15)21/h2,5-8,10,14H,3-4,9,11H2,1H3,(H,23,25). The van der Waals surface area contributed by atoms with Crippen molar-refractivity contribution in [1.29, 1.82) is 0 Å². The van der Waals surface area contributed by atoms with E-state index in [1.165, 1.54) is 12.1 Å². The molecule has 0 aromatic heterocycles. The van der Waals surface area contributed by atoms with Crippen LogP contribution in [0.2, 0.25) is 10.0 Å². The highest BCUT2D eigenvalue weighted by atomic mass is 35.5. The number of hydrogen-bond donors (Lipinski definition) is 1. The third kappa shape index (κ3) is 4.07. The van der Waals surface area contributed by atoms with Crippen LogP contribution in [0.25, 0.3) is 0 Å². The van der Waals surface area contributed by atoms with Crippen LogP contribution in [0.15, 0.2) is 36.4 Å². The van der Waals surface area contributed by atoms with Gasteiger partial charge in [-0.05, 0) is 55.7 Å². The van der Waals surface area contributed by atoms with Crippen molar-refractivity contribution < 1.29 is 9.18 Å². The molecule has 1 N–H and O–H groups in total. The number of nitrogens with zero attached hydrogens (tertiary/aromatic N) is 1. The summed E-state index contributed by atoms with van der Waals surface area (Å²) >= 11 is 12.1. The molecule has 1 aliphatic rings. The summed E-state index contributed by atoms with van der Waals surface area (Å²) in [7, 11) is 0. The lowest BCUT2D eigenvalue weighted by molar-refractivity contribution is 0.0933. The van der Waals surface area contributed by atoms with Gasteiger partial charge in [0.2, 0.25) is 0 Å². The van der Waals surface area contributed by atoms with E-state index >= 15 is 0 Å². The molecule has 1 heterocycles. The van der Waals surface area contributed by atoms with Gasteiger partial charge in [0.05, 0.1) is 15.6 Å². The van der Waals surface area contributed by atoms with Crippen molar-refractivity contribution in [3.05, 3.63) is 63.4 Å². The van der Waals surface area contributed by atoms with Gasteiger partial charge >= 0.3 is 0 Å². The Morgan fingerprint density at radius 1 is 1.28 bits per heavy atom. The summed E-state index contributed by atoms with van der Waals surface area (Å²) in [6.45, 7) is 3.46. The second kappa shape index (κ2) is 7.63. The van der Waals surface area contributed by atoms with Crippen molar-refractivity contribution in [1.82, 2.24) is 5.32 Å². The topological polar surface area (TPSA) is 32.3 Å². The fourth-order valence-corrected chi connectivity index (χ4v) is 3.62. The van der Waals surface area contributed by atoms with Crippen molar-refractivity contribution >= 4 is 34.8 Å². The zero-order valence-electron chi connectivity index (χ0n) is 13.9. The van der Waals surface area contributed by atoms with Gasteiger partial charge in [-0.2, -0.15) is 0 Å². The SMILES string of the molecule is Cc1cc(F)ccc1N1CCCC(NC(=O)c2cccc(Cl)c2Cl)C1. The van der Waals surface area contributed by atoms with Crippen LogP contribution in [0.3, 0.4) is 0 Å². The van der Waals surface area contributed by atoms with Crippen LogP contribution in [-0.2, 0) is 0 Å². The first kappa shape index (κ1) is 18.0. The first-order valence-corrected chi connectivity index (χ1v) is 8.97. The molecule has 25 heavy (non-hydrogen) atoms. The lowest BCUT2D eigenvalue weighted by atomic mass is 10.0. The third-order valence-electron chi connectivity index (χ3n) is 4.45. The molecule has 1 aliphatic heterocycles. The number of amides is 1. The monoisotopic (exact) mass is 380 g/mol. The maximum Gasteiger partial charge on any atom is 0.253 e. The summed E-state index contributed by atoms with van der Waals surface area (Å²) < 4.78 is 13.3. The van der Waals surface area contributed by atoms with E-state index in [9.17, 15) is 9.18 Å². The smallest absolute Gasteiger partial charge is 0.253 e. The maximum atomic E-state index is 13.3. The number of carbonyl (C=O) groups is 1. The Kier molecular flexibility index (Phi) is 5.50. The Bertz CT molecular complexity index is 797. The molecule has 2 aromatic rings. The minimum absolute atomic E-state index is 0.000696. The number of halogens is 3. The zero-order valence-corrected chi connectivity index (χ0v) is 15.4. The number of carbonyl (C=O) groups excluding carboxylic acids is 1. The van der Waals surface area contributed by atoms with Crippen LogP contribution >= 0.6 is 23.2 Å². The van der Waals surface area contributed by atoms with Gasteiger partial charge in [0, 0.05) is 24.8 Å². The fraction of sp³-hybridized carbons (Fsp3) is 0.316. The van der Waals surface area contributed by atoms with Crippen molar-refractivity contribution in [3.8, 4) is 0 Å². The molecule has 6 heteroatoms. The van der Waals surface area contributed by atoms with E-state index < -0.39 is 0 Å². The molecule has 1 saturated heterocycles. The van der Waals surface area contributed by atoms with Crippen LogP contribution < -0.4 is 10.2 Å². The molecule has 0 spiro atoms. The highest BCUT2D eigenvalue weighted by Gasteiger charge is 2.24. The second-order valence-electron chi connectivity index (χ2n) is 6.29. The van der Waals surface area contributed by atoms with Crippen LogP contribution in [-0.4, -0.2) is 25.0 Å². The van der Waals surface area contributed by atoms with E-state index in [0.29, 0.717) is 17.1 Å². The summed E-state index contributed by atoms with van der Waals surface area (Å²) in [4.78, 5) is 14.7. The molecule has 3 rings (SSSR count). The molecule has 3 nitrogen and oxygen atoms in total. The quantitative estimate of drug-likeness (QED) is 0.825. The van der Waals surface area contributed by atoms with E-state index in [1.54, 1.807) is 24.3 Å². The molecule has 0 aliphatic carbocycles. The highest BCUT2D eigenvalue weighted by Crippen LogP contribution is 2.27. The Labute approximate surface area is 156 Å². The van der Waals surface area contributed by atoms with Crippen molar-refractivity contribution in [2.45, 2.75) is 25.8 Å². The Morgan fingerprint density at radius 2 is 2.08 bits per heavy atom. The molecule has 1 fully saturated rings. The van der Waals surface area contributed by atoms with E-state index in [2.05, 4.69) is 10.2 Å². The molecule has 2 aromatic carbocycles. The first-order chi connectivity index (χ1) is 12.0. The number of anilines is 1. The number of rotatable bonds is 3. The van der Waals surface area contributed by atoms with E-state index in [-0.39, 0.29) is 22.8 Å². The minimum Gasteiger partial charge on any atom is -0.369 e. The molecule has 0 saturated carbocycles. The van der Waals surface area contributed by atoms with Gasteiger partial charge in [-0.3, -0.25) is 4.79 Å². The third-order valence-corrected chi connectivity index (χ3v) is 5.27.